The first-order chi connectivity index (χ1) is 19.6. The SMILES string of the molecule is CC1=NC(=O)N(CCCN(C)C(=O)Cc2cccc(Oc3ccccc3)c2)C(c2cccc([N+](=O)[O-])c2)C1C(=O)O. The molecule has 11 heteroatoms. The van der Waals surface area contributed by atoms with Crippen LogP contribution in [0.2, 0.25) is 0 Å². The average Bonchev–Trinajstić information content (AvgIpc) is 2.94. The quantitative estimate of drug-likeness (QED) is 0.254. The molecule has 0 aromatic heterocycles. The molecule has 3 aromatic carbocycles. The average molecular weight is 559 g/mol. The minimum absolute atomic E-state index is 0.102. The molecule has 1 heterocycles. The van der Waals surface area contributed by atoms with Gasteiger partial charge in [-0.15, -0.1) is 0 Å². The monoisotopic (exact) mass is 558 g/mol. The van der Waals surface area contributed by atoms with Crippen LogP contribution in [0.1, 0.15) is 30.5 Å². The van der Waals surface area contributed by atoms with Crippen molar-refractivity contribution in [1.82, 2.24) is 9.80 Å². The van der Waals surface area contributed by atoms with E-state index in [-0.39, 0.29) is 30.3 Å². The molecule has 0 aliphatic carbocycles. The van der Waals surface area contributed by atoms with Gasteiger partial charge in [0.15, 0.2) is 0 Å². The van der Waals surface area contributed by atoms with E-state index in [1.54, 1.807) is 24.1 Å². The number of likely N-dealkylation sites (N-methyl/N-ethyl adjacent to an activating group) is 1. The van der Waals surface area contributed by atoms with Crippen molar-refractivity contribution in [3.8, 4) is 11.5 Å². The van der Waals surface area contributed by atoms with Gasteiger partial charge in [-0.25, -0.2) is 9.79 Å². The highest BCUT2D eigenvalue weighted by Crippen LogP contribution is 2.36. The highest BCUT2D eigenvalue weighted by molar-refractivity contribution is 6.07. The summed E-state index contributed by atoms with van der Waals surface area (Å²) in [5, 5.41) is 21.3. The van der Waals surface area contributed by atoms with E-state index in [1.807, 2.05) is 48.5 Å². The van der Waals surface area contributed by atoms with E-state index in [0.29, 0.717) is 30.0 Å². The number of nitro benzene ring substituents is 1. The number of carboxylic acid groups (broad SMARTS) is 1. The maximum Gasteiger partial charge on any atom is 0.344 e. The van der Waals surface area contributed by atoms with Crippen LogP contribution in [-0.4, -0.2) is 63.6 Å². The molecular weight excluding hydrogens is 528 g/mol. The normalized spacial score (nSPS) is 16.6. The Bertz CT molecular complexity index is 1470. The number of rotatable bonds is 11. The number of nitrogens with zero attached hydrogens (tertiary/aromatic N) is 4. The van der Waals surface area contributed by atoms with Crippen LogP contribution in [-0.2, 0) is 16.0 Å². The van der Waals surface area contributed by atoms with Crippen molar-refractivity contribution < 1.29 is 29.2 Å². The summed E-state index contributed by atoms with van der Waals surface area (Å²) in [7, 11) is 1.66. The summed E-state index contributed by atoms with van der Waals surface area (Å²) in [6, 6.07) is 20.6. The van der Waals surface area contributed by atoms with Crippen molar-refractivity contribution >= 4 is 29.3 Å². The number of carboxylic acids is 1. The van der Waals surface area contributed by atoms with Gasteiger partial charge in [-0.1, -0.05) is 42.5 Å². The van der Waals surface area contributed by atoms with Crippen molar-refractivity contribution in [1.29, 1.82) is 0 Å². The number of hydrogen-bond donors (Lipinski definition) is 1. The van der Waals surface area contributed by atoms with Crippen LogP contribution < -0.4 is 4.74 Å². The molecule has 0 fully saturated rings. The number of ether oxygens (including phenoxy) is 1. The molecule has 2 atom stereocenters. The predicted molar refractivity (Wildman–Crippen MR) is 151 cm³/mol. The number of amides is 3. The fraction of sp³-hybridized carbons (Fsp3) is 0.267. The number of aliphatic imine (C=N–C) groups is 1. The summed E-state index contributed by atoms with van der Waals surface area (Å²) < 4.78 is 5.85. The second kappa shape index (κ2) is 12.9. The van der Waals surface area contributed by atoms with Gasteiger partial charge < -0.3 is 19.6 Å². The number of hydrogen-bond acceptors (Lipinski definition) is 6. The Morgan fingerprint density at radius 1 is 1.05 bits per heavy atom. The van der Waals surface area contributed by atoms with Crippen LogP contribution in [0.25, 0.3) is 0 Å². The van der Waals surface area contributed by atoms with Crippen LogP contribution >= 0.6 is 0 Å². The highest BCUT2D eigenvalue weighted by Gasteiger charge is 2.42. The molecule has 0 saturated carbocycles. The maximum absolute atomic E-state index is 12.9. The number of benzene rings is 3. The largest absolute Gasteiger partial charge is 0.481 e. The van der Waals surface area contributed by atoms with Crippen molar-refractivity contribution in [2.45, 2.75) is 25.8 Å². The zero-order valence-electron chi connectivity index (χ0n) is 22.7. The summed E-state index contributed by atoms with van der Waals surface area (Å²) in [5.74, 6) is -1.19. The molecule has 3 amide bonds. The minimum Gasteiger partial charge on any atom is -0.481 e. The summed E-state index contributed by atoms with van der Waals surface area (Å²) in [5.41, 5.74) is 1.03. The molecule has 1 aliphatic rings. The van der Waals surface area contributed by atoms with Crippen molar-refractivity contribution in [2.75, 3.05) is 20.1 Å². The summed E-state index contributed by atoms with van der Waals surface area (Å²) >= 11 is 0. The number of aliphatic carboxylic acids is 1. The molecular formula is C30H30N4O7. The van der Waals surface area contributed by atoms with E-state index in [2.05, 4.69) is 4.99 Å². The molecule has 1 aliphatic heterocycles. The van der Waals surface area contributed by atoms with E-state index in [0.717, 1.165) is 5.56 Å². The van der Waals surface area contributed by atoms with E-state index in [9.17, 15) is 29.6 Å². The molecule has 0 saturated heterocycles. The van der Waals surface area contributed by atoms with E-state index < -0.39 is 28.9 Å². The third-order valence-corrected chi connectivity index (χ3v) is 6.86. The lowest BCUT2D eigenvalue weighted by Gasteiger charge is -2.38. The summed E-state index contributed by atoms with van der Waals surface area (Å²) in [4.78, 5) is 55.6. The molecule has 1 N–H and O–H groups in total. The number of carbonyl (C=O) groups is 3. The van der Waals surface area contributed by atoms with Crippen molar-refractivity contribution in [3.63, 3.8) is 0 Å². The van der Waals surface area contributed by atoms with Gasteiger partial charge in [0.2, 0.25) is 5.91 Å². The van der Waals surface area contributed by atoms with Gasteiger partial charge in [0.25, 0.3) is 5.69 Å². The van der Waals surface area contributed by atoms with Gasteiger partial charge in [-0.2, -0.15) is 0 Å². The molecule has 0 radical (unpaired) electrons. The van der Waals surface area contributed by atoms with Crippen LogP contribution in [0.3, 0.4) is 0 Å². The van der Waals surface area contributed by atoms with Gasteiger partial charge in [0, 0.05) is 38.0 Å². The second-order valence-electron chi connectivity index (χ2n) is 9.75. The fourth-order valence-corrected chi connectivity index (χ4v) is 4.81. The van der Waals surface area contributed by atoms with Crippen molar-refractivity contribution in [2.24, 2.45) is 10.9 Å². The smallest absolute Gasteiger partial charge is 0.344 e. The summed E-state index contributed by atoms with van der Waals surface area (Å²) in [6.45, 7) is 1.86. The van der Waals surface area contributed by atoms with Gasteiger partial charge in [0.05, 0.1) is 17.4 Å². The standard InChI is InChI=1S/C30H30N4O7/c1-20-27(29(36)37)28(22-10-7-11-23(19-22)34(39)40)33(30(38)31-20)16-8-15-32(2)26(35)18-21-9-6-14-25(17-21)41-24-12-4-3-5-13-24/h3-7,9-14,17,19,27-28H,8,15-16,18H2,1-2H3,(H,36,37). The summed E-state index contributed by atoms with van der Waals surface area (Å²) in [6.07, 6.45) is 0.490. The fourth-order valence-electron chi connectivity index (χ4n) is 4.81. The van der Waals surface area contributed by atoms with Gasteiger partial charge in [-0.05, 0) is 48.7 Å². The van der Waals surface area contributed by atoms with E-state index >= 15 is 0 Å². The first-order valence-electron chi connectivity index (χ1n) is 13.0. The lowest BCUT2D eigenvalue weighted by molar-refractivity contribution is -0.385. The number of non-ortho nitro benzene ring substituents is 1. The Balaban J connectivity index is 1.42. The van der Waals surface area contributed by atoms with Crippen LogP contribution in [0.5, 0.6) is 11.5 Å². The second-order valence-corrected chi connectivity index (χ2v) is 9.75. The highest BCUT2D eigenvalue weighted by atomic mass is 16.6. The van der Waals surface area contributed by atoms with Crippen LogP contribution in [0.4, 0.5) is 10.5 Å². The molecule has 3 aromatic rings. The maximum atomic E-state index is 12.9. The topological polar surface area (TPSA) is 143 Å². The Morgan fingerprint density at radius 2 is 1.76 bits per heavy atom. The Labute approximate surface area is 236 Å². The predicted octanol–water partition coefficient (Wildman–Crippen LogP) is 5.12. The van der Waals surface area contributed by atoms with Gasteiger partial charge in [-0.3, -0.25) is 19.7 Å². The molecule has 212 valence electrons. The lowest BCUT2D eigenvalue weighted by atomic mass is 9.86. The number of carbonyl (C=O) groups excluding carboxylic acids is 2. The Morgan fingerprint density at radius 3 is 2.46 bits per heavy atom. The van der Waals surface area contributed by atoms with Crippen molar-refractivity contribution in [3.05, 3.63) is 100 Å². The number of nitro groups is 1. The lowest BCUT2D eigenvalue weighted by Crippen LogP contribution is -2.47. The molecule has 0 spiro atoms. The first kappa shape index (κ1) is 28.9. The van der Waals surface area contributed by atoms with Gasteiger partial charge >= 0.3 is 12.0 Å². The van der Waals surface area contributed by atoms with E-state index in [4.69, 9.17) is 4.74 Å². The Kier molecular flexibility index (Phi) is 9.08. The first-order valence-corrected chi connectivity index (χ1v) is 13.0. The molecule has 0 bridgehead atoms. The zero-order valence-corrected chi connectivity index (χ0v) is 22.7. The van der Waals surface area contributed by atoms with Crippen LogP contribution in [0, 0.1) is 16.0 Å². The molecule has 41 heavy (non-hydrogen) atoms. The zero-order chi connectivity index (χ0) is 29.5. The third-order valence-electron chi connectivity index (χ3n) is 6.86. The molecule has 4 rings (SSSR count). The van der Waals surface area contributed by atoms with Gasteiger partial charge in [0.1, 0.15) is 17.4 Å². The third kappa shape index (κ3) is 7.13. The number of urea groups is 1. The van der Waals surface area contributed by atoms with Crippen LogP contribution in [0.15, 0.2) is 83.9 Å². The molecule has 2 unspecified atom stereocenters. The Hall–Kier alpha value is -5.06. The van der Waals surface area contributed by atoms with E-state index in [1.165, 1.54) is 30.0 Å². The minimum atomic E-state index is -1.19. The number of para-hydroxylation sites is 1. The molecule has 11 nitrogen and oxygen atoms in total.